The predicted molar refractivity (Wildman–Crippen MR) is 58.8 cm³/mol. The number of amidine groups is 1. The van der Waals surface area contributed by atoms with Crippen LogP contribution in [0, 0.1) is 0 Å². The predicted octanol–water partition coefficient (Wildman–Crippen LogP) is -0.346. The first-order chi connectivity index (χ1) is 7.38. The maximum absolute atomic E-state index is 11.6. The van der Waals surface area contributed by atoms with Gasteiger partial charge in [0.25, 0.3) is 0 Å². The van der Waals surface area contributed by atoms with E-state index in [0.29, 0.717) is 0 Å². The van der Waals surface area contributed by atoms with Crippen molar-refractivity contribution in [3.63, 3.8) is 0 Å². The molecule has 1 aromatic rings. The van der Waals surface area contributed by atoms with Gasteiger partial charge in [0.05, 0.1) is 17.0 Å². The summed E-state index contributed by atoms with van der Waals surface area (Å²) in [6.45, 7) is 3.06. The number of aromatic amines is 1. The zero-order valence-corrected chi connectivity index (χ0v) is 9.61. The van der Waals surface area contributed by atoms with Crippen LogP contribution < -0.4 is 10.5 Å². The van der Waals surface area contributed by atoms with E-state index in [0.717, 1.165) is 0 Å². The monoisotopic (exact) mass is 247 g/mol. The smallest absolute Gasteiger partial charge is 0.236 e. The molecule has 16 heavy (non-hydrogen) atoms. The molecule has 0 atom stereocenters. The Kier molecular flexibility index (Phi) is 3.38. The average molecular weight is 247 g/mol. The van der Waals surface area contributed by atoms with Gasteiger partial charge in [-0.1, -0.05) is 5.16 Å². The summed E-state index contributed by atoms with van der Waals surface area (Å²) in [6.07, 6.45) is 1.26. The second kappa shape index (κ2) is 4.39. The van der Waals surface area contributed by atoms with Crippen LogP contribution in [0.15, 0.2) is 11.4 Å². The number of H-pyrrole nitrogens is 1. The van der Waals surface area contributed by atoms with Crippen molar-refractivity contribution in [3.05, 3.63) is 11.8 Å². The lowest BCUT2D eigenvalue weighted by Crippen LogP contribution is -2.24. The Morgan fingerprint density at radius 2 is 2.31 bits per heavy atom. The van der Waals surface area contributed by atoms with Crippen LogP contribution in [-0.4, -0.2) is 34.9 Å². The van der Waals surface area contributed by atoms with Gasteiger partial charge in [-0.05, 0) is 13.8 Å². The van der Waals surface area contributed by atoms with Gasteiger partial charge in [0.15, 0.2) is 5.84 Å². The molecule has 90 valence electrons. The Bertz CT molecular complexity index is 490. The fourth-order valence-corrected chi connectivity index (χ4v) is 1.55. The molecular weight excluding hydrogens is 234 g/mol. The van der Waals surface area contributed by atoms with E-state index in [1.165, 1.54) is 20.0 Å². The molecule has 0 radical (unpaired) electrons. The molecule has 0 saturated heterocycles. The Balaban J connectivity index is 3.04. The van der Waals surface area contributed by atoms with E-state index < -0.39 is 15.3 Å². The van der Waals surface area contributed by atoms with Gasteiger partial charge in [0.1, 0.15) is 5.82 Å². The summed E-state index contributed by atoms with van der Waals surface area (Å²) < 4.78 is 25.4. The highest BCUT2D eigenvalue weighted by atomic mass is 32.2. The Hall–Kier alpha value is -1.77. The molecule has 5 N–H and O–H groups in total. The number of nitrogens with one attached hydrogen (secondary N) is 2. The number of aromatic nitrogens is 2. The first-order valence-corrected chi connectivity index (χ1v) is 5.96. The molecule has 0 spiro atoms. The molecule has 1 rings (SSSR count). The zero-order chi connectivity index (χ0) is 12.3. The second-order valence-electron chi connectivity index (χ2n) is 3.34. The van der Waals surface area contributed by atoms with Gasteiger partial charge in [-0.25, -0.2) is 8.42 Å². The van der Waals surface area contributed by atoms with Gasteiger partial charge in [-0.3, -0.25) is 9.82 Å². The summed E-state index contributed by atoms with van der Waals surface area (Å²) in [5.41, 5.74) is 5.53. The van der Waals surface area contributed by atoms with Crippen LogP contribution in [0.3, 0.4) is 0 Å². The summed E-state index contributed by atoms with van der Waals surface area (Å²) in [6, 6.07) is 0. The lowest BCUT2D eigenvalue weighted by atomic mass is 10.3. The highest BCUT2D eigenvalue weighted by Gasteiger charge is 2.19. The van der Waals surface area contributed by atoms with Crippen LogP contribution in [0.5, 0.6) is 0 Å². The molecule has 8 nitrogen and oxygen atoms in total. The number of anilines is 1. The maximum atomic E-state index is 11.6. The molecule has 0 aliphatic heterocycles. The summed E-state index contributed by atoms with van der Waals surface area (Å²) in [4.78, 5) is 0. The van der Waals surface area contributed by atoms with E-state index in [1.54, 1.807) is 0 Å². The van der Waals surface area contributed by atoms with Crippen molar-refractivity contribution in [2.24, 2.45) is 10.9 Å². The van der Waals surface area contributed by atoms with Crippen molar-refractivity contribution in [2.45, 2.75) is 19.1 Å². The minimum absolute atomic E-state index is 0.0731. The summed E-state index contributed by atoms with van der Waals surface area (Å²) in [7, 11) is -3.50. The molecule has 0 aromatic carbocycles. The van der Waals surface area contributed by atoms with Gasteiger partial charge in [-0.15, -0.1) is 0 Å². The van der Waals surface area contributed by atoms with Gasteiger partial charge in [-0.2, -0.15) is 5.10 Å². The normalized spacial score (nSPS) is 13.1. The van der Waals surface area contributed by atoms with Crippen LogP contribution in [-0.2, 0) is 10.0 Å². The molecule has 0 saturated carbocycles. The molecule has 1 heterocycles. The van der Waals surface area contributed by atoms with Crippen molar-refractivity contribution in [2.75, 3.05) is 4.72 Å². The molecule has 0 fully saturated rings. The number of hydrogen-bond acceptors (Lipinski definition) is 5. The molecule has 0 aliphatic rings. The van der Waals surface area contributed by atoms with Crippen LogP contribution in [0.4, 0.5) is 5.82 Å². The molecule has 0 unspecified atom stereocenters. The lowest BCUT2D eigenvalue weighted by Gasteiger charge is -2.09. The van der Waals surface area contributed by atoms with Crippen molar-refractivity contribution < 1.29 is 13.6 Å². The number of oxime groups is 1. The average Bonchev–Trinajstić information content (AvgIpc) is 2.63. The van der Waals surface area contributed by atoms with Crippen LogP contribution in [0.1, 0.15) is 19.4 Å². The van der Waals surface area contributed by atoms with Crippen LogP contribution in [0.25, 0.3) is 0 Å². The van der Waals surface area contributed by atoms with Gasteiger partial charge in [0.2, 0.25) is 10.0 Å². The summed E-state index contributed by atoms with van der Waals surface area (Å²) in [5, 5.41) is 16.7. The van der Waals surface area contributed by atoms with Crippen molar-refractivity contribution in [1.82, 2.24) is 10.2 Å². The molecule has 0 amide bonds. The Morgan fingerprint density at radius 1 is 1.69 bits per heavy atom. The third-order valence-electron chi connectivity index (χ3n) is 1.89. The molecule has 9 heteroatoms. The van der Waals surface area contributed by atoms with Crippen molar-refractivity contribution in [3.8, 4) is 0 Å². The fraction of sp³-hybridized carbons (Fsp3) is 0.429. The highest BCUT2D eigenvalue weighted by Crippen LogP contribution is 2.14. The number of nitrogens with two attached hydrogens (primary N) is 1. The number of sulfonamides is 1. The largest absolute Gasteiger partial charge is 0.409 e. The summed E-state index contributed by atoms with van der Waals surface area (Å²) in [5.74, 6) is -0.154. The van der Waals surface area contributed by atoms with E-state index in [2.05, 4.69) is 20.1 Å². The number of rotatable bonds is 4. The maximum Gasteiger partial charge on any atom is 0.236 e. The first kappa shape index (κ1) is 12.3. The quantitative estimate of drug-likeness (QED) is 0.250. The fourth-order valence-electron chi connectivity index (χ4n) is 0.872. The van der Waals surface area contributed by atoms with E-state index >= 15 is 0 Å². The SMILES string of the molecule is CC(C)S(=O)(=O)Nc1[nH]ncc1C(N)=NO. The van der Waals surface area contributed by atoms with E-state index in [-0.39, 0.29) is 17.2 Å². The van der Waals surface area contributed by atoms with Gasteiger partial charge >= 0.3 is 0 Å². The van der Waals surface area contributed by atoms with Crippen molar-refractivity contribution in [1.29, 1.82) is 0 Å². The number of hydrogen-bond donors (Lipinski definition) is 4. The van der Waals surface area contributed by atoms with Crippen molar-refractivity contribution >= 4 is 21.7 Å². The minimum atomic E-state index is -3.50. The zero-order valence-electron chi connectivity index (χ0n) is 8.80. The minimum Gasteiger partial charge on any atom is -0.409 e. The Morgan fingerprint density at radius 3 is 2.81 bits per heavy atom. The molecular formula is C7H13N5O3S. The Labute approximate surface area is 92.6 Å². The van der Waals surface area contributed by atoms with Crippen LogP contribution >= 0.6 is 0 Å². The molecule has 0 bridgehead atoms. The number of nitrogens with zero attached hydrogens (tertiary/aromatic N) is 2. The van der Waals surface area contributed by atoms with Crippen LogP contribution in [0.2, 0.25) is 0 Å². The van der Waals surface area contributed by atoms with E-state index in [9.17, 15) is 8.42 Å². The topological polar surface area (TPSA) is 133 Å². The third-order valence-corrected chi connectivity index (χ3v) is 3.62. The highest BCUT2D eigenvalue weighted by molar-refractivity contribution is 7.93. The van der Waals surface area contributed by atoms with Gasteiger partial charge < -0.3 is 10.9 Å². The standard InChI is InChI=1S/C7H13N5O3S/c1-4(2)16(14,15)12-7-5(3-9-10-7)6(8)11-13/h3-4,13H,1-2H3,(H2,8,11)(H2,9,10,12). The van der Waals surface area contributed by atoms with E-state index in [4.69, 9.17) is 10.9 Å². The molecule has 0 aliphatic carbocycles. The third kappa shape index (κ3) is 2.42. The van der Waals surface area contributed by atoms with E-state index in [1.807, 2.05) is 0 Å². The lowest BCUT2D eigenvalue weighted by molar-refractivity contribution is 0.318. The first-order valence-electron chi connectivity index (χ1n) is 4.41. The van der Waals surface area contributed by atoms with Gasteiger partial charge in [0, 0.05) is 0 Å². The second-order valence-corrected chi connectivity index (χ2v) is 5.58. The summed E-state index contributed by atoms with van der Waals surface area (Å²) >= 11 is 0. The molecule has 1 aromatic heterocycles.